The smallest absolute Gasteiger partial charge is 0.193 e. The van der Waals surface area contributed by atoms with Gasteiger partial charge >= 0.3 is 0 Å². The molecule has 1 atom stereocenters. The van der Waals surface area contributed by atoms with E-state index in [4.69, 9.17) is 0 Å². The third-order valence-corrected chi connectivity index (χ3v) is 1.90. The zero-order valence-corrected chi connectivity index (χ0v) is 8.19. The summed E-state index contributed by atoms with van der Waals surface area (Å²) >= 11 is 0. The first-order chi connectivity index (χ1) is 7.34. The fourth-order valence-electron chi connectivity index (χ4n) is 1.18. The van der Waals surface area contributed by atoms with E-state index in [-0.39, 0.29) is 11.7 Å². The van der Waals surface area contributed by atoms with Crippen LogP contribution in [0, 0.1) is 29.6 Å². The molecule has 0 bridgehead atoms. The van der Waals surface area contributed by atoms with Crippen LogP contribution in [-0.2, 0) is 9.59 Å². The van der Waals surface area contributed by atoms with E-state index in [2.05, 4.69) is 23.7 Å². The van der Waals surface area contributed by atoms with Crippen LogP contribution in [-0.4, -0.2) is 12.1 Å². The van der Waals surface area contributed by atoms with Crippen molar-refractivity contribution in [2.75, 3.05) is 0 Å². The Kier molecular flexibility index (Phi) is 4.70. The Labute approximate surface area is 89.1 Å². The van der Waals surface area contributed by atoms with Gasteiger partial charge in [0.1, 0.15) is 0 Å². The number of aldehydes is 1. The number of rotatable bonds is 0. The molecule has 1 unspecified atom stereocenters. The number of hydrogen-bond acceptors (Lipinski definition) is 2. The first kappa shape index (κ1) is 11.0. The summed E-state index contributed by atoms with van der Waals surface area (Å²) in [4.78, 5) is 21.1. The summed E-state index contributed by atoms with van der Waals surface area (Å²) in [6, 6.07) is 0. The van der Waals surface area contributed by atoms with Crippen LogP contribution in [0.1, 0.15) is 12.8 Å². The van der Waals surface area contributed by atoms with E-state index in [1.165, 1.54) is 6.08 Å². The zero-order valence-electron chi connectivity index (χ0n) is 8.19. The van der Waals surface area contributed by atoms with Crippen LogP contribution in [0.25, 0.3) is 0 Å². The summed E-state index contributed by atoms with van der Waals surface area (Å²) in [5.74, 6) is 10.2. The molecule has 0 N–H and O–H groups in total. The molecule has 0 aliphatic heterocycles. The van der Waals surface area contributed by atoms with E-state index >= 15 is 0 Å². The van der Waals surface area contributed by atoms with Crippen LogP contribution in [0.4, 0.5) is 0 Å². The molecule has 2 heteroatoms. The molecule has 0 fully saturated rings. The van der Waals surface area contributed by atoms with E-state index in [1.54, 1.807) is 12.2 Å². The number of hydrogen-bond donors (Lipinski definition) is 0. The Morgan fingerprint density at radius 1 is 1.27 bits per heavy atom. The van der Waals surface area contributed by atoms with Crippen molar-refractivity contribution in [2.24, 2.45) is 5.92 Å². The summed E-state index contributed by atoms with van der Waals surface area (Å²) in [6.45, 7) is 0. The normalized spacial score (nSPS) is 18.9. The van der Waals surface area contributed by atoms with Gasteiger partial charge in [-0.3, -0.25) is 9.59 Å². The largest absolute Gasteiger partial charge is 0.293 e. The average molecular weight is 198 g/mol. The van der Waals surface area contributed by atoms with E-state index in [0.29, 0.717) is 6.29 Å². The molecule has 0 radical (unpaired) electrons. The highest BCUT2D eigenvalue weighted by atomic mass is 16.1. The average Bonchev–Trinajstić information content (AvgIpc) is 2.25. The lowest BCUT2D eigenvalue weighted by molar-refractivity contribution is -0.117. The highest BCUT2D eigenvalue weighted by molar-refractivity contribution is 5.94. The first-order valence-corrected chi connectivity index (χ1v) is 4.66. The highest BCUT2D eigenvalue weighted by Crippen LogP contribution is 2.13. The molecule has 0 aromatic rings. The van der Waals surface area contributed by atoms with Crippen LogP contribution in [0.3, 0.4) is 0 Å². The highest BCUT2D eigenvalue weighted by Gasteiger charge is 2.14. The molecule has 1 aliphatic carbocycles. The maximum atomic E-state index is 11.3. The van der Waals surface area contributed by atoms with E-state index < -0.39 is 0 Å². The topological polar surface area (TPSA) is 34.1 Å². The molecular weight excluding hydrogens is 188 g/mol. The second-order valence-electron chi connectivity index (χ2n) is 2.96. The van der Waals surface area contributed by atoms with Crippen LogP contribution in [0.2, 0.25) is 0 Å². The van der Waals surface area contributed by atoms with Crippen LogP contribution < -0.4 is 0 Å². The number of carbonyl (C=O) groups is 2. The van der Waals surface area contributed by atoms with Crippen molar-refractivity contribution in [2.45, 2.75) is 12.8 Å². The molecule has 0 heterocycles. The fourth-order valence-corrected chi connectivity index (χ4v) is 1.18. The van der Waals surface area contributed by atoms with Crippen molar-refractivity contribution in [3.8, 4) is 23.7 Å². The van der Waals surface area contributed by atoms with Crippen LogP contribution in [0.15, 0.2) is 24.3 Å². The van der Waals surface area contributed by atoms with Gasteiger partial charge in [-0.25, -0.2) is 0 Å². The maximum absolute atomic E-state index is 11.3. The standard InChI is InChI=1S/C13H10O2/c14-11-7-3-1-2-4-8-12-9-5-6-10-13(12)15/h1-2,6,10-12H,5,9H2. The van der Waals surface area contributed by atoms with Crippen molar-refractivity contribution in [3.05, 3.63) is 24.3 Å². The minimum Gasteiger partial charge on any atom is -0.293 e. The first-order valence-electron chi connectivity index (χ1n) is 4.66. The molecule has 15 heavy (non-hydrogen) atoms. The lowest BCUT2D eigenvalue weighted by atomic mass is 9.94. The van der Waals surface area contributed by atoms with Gasteiger partial charge in [0.25, 0.3) is 0 Å². The minimum atomic E-state index is -0.182. The number of allylic oxidation sites excluding steroid dienone is 4. The zero-order chi connectivity index (χ0) is 10.9. The fraction of sp³-hybridized carbons (Fsp3) is 0.231. The SMILES string of the molecule is O=CC#CC=CC#CC1CCC=CC1=O. The molecule has 2 nitrogen and oxygen atoms in total. The van der Waals surface area contributed by atoms with Gasteiger partial charge in [0.2, 0.25) is 0 Å². The number of carbonyl (C=O) groups excluding carboxylic acids is 2. The lowest BCUT2D eigenvalue weighted by Crippen LogP contribution is -2.12. The molecule has 1 rings (SSSR count). The Morgan fingerprint density at radius 3 is 2.80 bits per heavy atom. The Balaban J connectivity index is 2.51. The molecule has 0 saturated carbocycles. The summed E-state index contributed by atoms with van der Waals surface area (Å²) in [5, 5.41) is 0. The third kappa shape index (κ3) is 4.11. The van der Waals surface area contributed by atoms with Gasteiger partial charge in [0, 0.05) is 0 Å². The van der Waals surface area contributed by atoms with Crippen molar-refractivity contribution in [1.82, 2.24) is 0 Å². The molecule has 0 aromatic heterocycles. The molecular formula is C13H10O2. The Bertz CT molecular complexity index is 419. The minimum absolute atomic E-state index is 0.0705. The summed E-state index contributed by atoms with van der Waals surface area (Å²) < 4.78 is 0. The quantitative estimate of drug-likeness (QED) is 0.434. The summed E-state index contributed by atoms with van der Waals surface area (Å²) in [6.07, 6.45) is 8.69. The van der Waals surface area contributed by atoms with Crippen molar-refractivity contribution in [3.63, 3.8) is 0 Å². The van der Waals surface area contributed by atoms with Gasteiger partial charge in [0.05, 0.1) is 5.92 Å². The van der Waals surface area contributed by atoms with Crippen molar-refractivity contribution < 1.29 is 9.59 Å². The maximum Gasteiger partial charge on any atom is 0.193 e. The van der Waals surface area contributed by atoms with E-state index in [1.807, 2.05) is 6.08 Å². The molecule has 0 saturated heterocycles. The van der Waals surface area contributed by atoms with Gasteiger partial charge in [-0.2, -0.15) is 0 Å². The van der Waals surface area contributed by atoms with Gasteiger partial charge in [0.15, 0.2) is 12.1 Å². The predicted molar refractivity (Wildman–Crippen MR) is 57.6 cm³/mol. The van der Waals surface area contributed by atoms with Crippen LogP contribution >= 0.6 is 0 Å². The second-order valence-corrected chi connectivity index (χ2v) is 2.96. The second kappa shape index (κ2) is 6.40. The summed E-state index contributed by atoms with van der Waals surface area (Å²) in [5.41, 5.74) is 0. The predicted octanol–water partition coefficient (Wildman–Crippen LogP) is 1.28. The van der Waals surface area contributed by atoms with Crippen molar-refractivity contribution >= 4 is 12.1 Å². The number of ketones is 1. The van der Waals surface area contributed by atoms with Crippen molar-refractivity contribution in [1.29, 1.82) is 0 Å². The lowest BCUT2D eigenvalue weighted by Gasteiger charge is -2.08. The van der Waals surface area contributed by atoms with Gasteiger partial charge in [-0.15, -0.1) is 0 Å². The van der Waals surface area contributed by atoms with Crippen LogP contribution in [0.5, 0.6) is 0 Å². The van der Waals surface area contributed by atoms with E-state index in [9.17, 15) is 9.59 Å². The Morgan fingerprint density at radius 2 is 2.07 bits per heavy atom. The van der Waals surface area contributed by atoms with Gasteiger partial charge in [-0.1, -0.05) is 23.8 Å². The van der Waals surface area contributed by atoms with Gasteiger partial charge in [-0.05, 0) is 37.0 Å². The molecule has 0 aromatic carbocycles. The molecule has 0 spiro atoms. The molecule has 1 aliphatic rings. The molecule has 74 valence electrons. The third-order valence-electron chi connectivity index (χ3n) is 1.90. The molecule has 0 amide bonds. The summed E-state index contributed by atoms with van der Waals surface area (Å²) in [7, 11) is 0. The van der Waals surface area contributed by atoms with E-state index in [0.717, 1.165) is 12.8 Å². The monoisotopic (exact) mass is 198 g/mol. The van der Waals surface area contributed by atoms with Gasteiger partial charge < -0.3 is 0 Å². The Hall–Kier alpha value is -2.06.